The second kappa shape index (κ2) is 11.9. The van der Waals surface area contributed by atoms with Gasteiger partial charge in [0.15, 0.2) is 0 Å². The lowest BCUT2D eigenvalue weighted by Crippen LogP contribution is -2.51. The van der Waals surface area contributed by atoms with Crippen LogP contribution in [0.1, 0.15) is 37.7 Å². The van der Waals surface area contributed by atoms with Crippen LogP contribution in [0, 0.1) is 22.7 Å². The van der Waals surface area contributed by atoms with Crippen LogP contribution in [0.5, 0.6) is 0 Å². The number of nitrogens with zero attached hydrogens (tertiary/aromatic N) is 5. The summed E-state index contributed by atoms with van der Waals surface area (Å²) in [6.07, 6.45) is 2.83. The van der Waals surface area contributed by atoms with Crippen molar-refractivity contribution in [3.63, 3.8) is 0 Å². The fraction of sp³-hybridized carbons (Fsp3) is 0.400. The zero-order valence-electron chi connectivity index (χ0n) is 21.3. The number of anilines is 1. The molecule has 1 aliphatic heterocycles. The van der Waals surface area contributed by atoms with Gasteiger partial charge in [0.05, 0.1) is 40.4 Å². The Morgan fingerprint density at radius 2 is 1.84 bits per heavy atom. The number of amides is 1. The summed E-state index contributed by atoms with van der Waals surface area (Å²) in [6, 6.07) is 11.6. The van der Waals surface area contributed by atoms with E-state index in [9.17, 15) is 23.3 Å². The lowest BCUT2D eigenvalue weighted by atomic mass is 9.84. The third kappa shape index (κ3) is 6.37. The molecule has 2 heterocycles. The van der Waals surface area contributed by atoms with E-state index in [0.717, 1.165) is 4.31 Å². The molecule has 13 heteroatoms. The fourth-order valence-corrected chi connectivity index (χ4v) is 5.13. The van der Waals surface area contributed by atoms with Crippen molar-refractivity contribution >= 4 is 33.1 Å². The molecule has 1 aliphatic rings. The number of pyridine rings is 1. The highest BCUT2D eigenvalue weighted by Gasteiger charge is 2.36. The largest absolute Gasteiger partial charge is 0.383 e. The third-order valence-corrected chi connectivity index (χ3v) is 8.25. The summed E-state index contributed by atoms with van der Waals surface area (Å²) in [4.78, 5) is 33.8. The number of nitriles is 2. The van der Waals surface area contributed by atoms with Crippen molar-refractivity contribution in [2.24, 2.45) is 10.7 Å². The molecule has 4 N–H and O–H groups in total. The van der Waals surface area contributed by atoms with E-state index in [1.54, 1.807) is 11.0 Å². The van der Waals surface area contributed by atoms with Gasteiger partial charge in [0, 0.05) is 46.2 Å². The lowest BCUT2D eigenvalue weighted by molar-refractivity contribution is -0.132. The second-order valence-corrected chi connectivity index (χ2v) is 11.3. The van der Waals surface area contributed by atoms with Crippen molar-refractivity contribution in [2.45, 2.75) is 42.5 Å². The normalized spacial score (nSPS) is 15.5. The number of nitrogens with two attached hydrogens (primary N) is 1. The Morgan fingerprint density at radius 3 is 2.42 bits per heavy atom. The molecular formula is C25H30N8O4S. The number of rotatable bonds is 9. The first-order valence-corrected chi connectivity index (χ1v) is 13.4. The van der Waals surface area contributed by atoms with Crippen LogP contribution in [-0.2, 0) is 14.8 Å². The molecule has 3 rings (SSSR count). The van der Waals surface area contributed by atoms with Gasteiger partial charge in [-0.15, -0.1) is 0 Å². The number of hydrogen-bond donors (Lipinski definition) is 3. The average Bonchev–Trinajstić information content (AvgIpc) is 2.88. The number of carbonyl (C=O) groups excluding carboxylic acids is 1. The number of sulfonamides is 1. The van der Waals surface area contributed by atoms with Crippen LogP contribution < -0.4 is 16.6 Å². The highest BCUT2D eigenvalue weighted by atomic mass is 32.2. The number of likely N-dealkylation sites (tertiary alicyclic amines) is 1. The Balaban J connectivity index is 1.87. The second-order valence-electron chi connectivity index (χ2n) is 9.15. The Kier molecular flexibility index (Phi) is 8.88. The number of benzene rings is 1. The molecule has 200 valence electrons. The molecule has 0 aliphatic carbocycles. The van der Waals surface area contributed by atoms with Crippen molar-refractivity contribution in [1.29, 1.82) is 10.5 Å². The predicted molar refractivity (Wildman–Crippen MR) is 142 cm³/mol. The number of aromatic nitrogens is 1. The minimum atomic E-state index is -3.61. The van der Waals surface area contributed by atoms with Gasteiger partial charge in [0.25, 0.3) is 5.56 Å². The van der Waals surface area contributed by atoms with Crippen molar-refractivity contribution in [1.82, 2.24) is 14.2 Å². The van der Waals surface area contributed by atoms with Crippen LogP contribution >= 0.6 is 0 Å². The van der Waals surface area contributed by atoms with E-state index in [4.69, 9.17) is 11.0 Å². The quantitative estimate of drug-likeness (QED) is 0.317. The van der Waals surface area contributed by atoms with E-state index in [-0.39, 0.29) is 41.5 Å². The van der Waals surface area contributed by atoms with Gasteiger partial charge in [0.2, 0.25) is 15.9 Å². The highest BCUT2D eigenvalue weighted by Crippen LogP contribution is 2.31. The van der Waals surface area contributed by atoms with Crippen LogP contribution in [0.25, 0.3) is 0 Å². The van der Waals surface area contributed by atoms with E-state index in [2.05, 4.69) is 21.4 Å². The number of aliphatic imine (C=N–C) groups is 1. The number of hydrogen-bond acceptors (Lipinski definition) is 8. The summed E-state index contributed by atoms with van der Waals surface area (Å²) in [6.45, 7) is 0.812. The minimum Gasteiger partial charge on any atom is -0.383 e. The molecule has 1 amide bonds. The molecule has 1 aromatic carbocycles. The van der Waals surface area contributed by atoms with Gasteiger partial charge in [-0.25, -0.2) is 17.7 Å². The summed E-state index contributed by atoms with van der Waals surface area (Å²) < 4.78 is 25.7. The maximum atomic E-state index is 12.8. The van der Waals surface area contributed by atoms with Gasteiger partial charge in [-0.3, -0.25) is 9.59 Å². The van der Waals surface area contributed by atoms with E-state index >= 15 is 0 Å². The summed E-state index contributed by atoms with van der Waals surface area (Å²) in [5.74, 6) is -0.191. The average molecular weight is 539 g/mol. The van der Waals surface area contributed by atoms with E-state index in [1.807, 2.05) is 6.07 Å². The van der Waals surface area contributed by atoms with Gasteiger partial charge in [-0.1, -0.05) is 0 Å². The van der Waals surface area contributed by atoms with Crippen LogP contribution in [-0.4, -0.2) is 67.1 Å². The van der Waals surface area contributed by atoms with Crippen LogP contribution in [0.4, 0.5) is 11.4 Å². The Labute approximate surface area is 221 Å². The topological polar surface area (TPSA) is 189 Å². The molecular weight excluding hydrogens is 508 g/mol. The van der Waals surface area contributed by atoms with Gasteiger partial charge in [0.1, 0.15) is 11.4 Å². The monoisotopic (exact) mass is 538 g/mol. The number of aromatic amines is 1. The van der Waals surface area contributed by atoms with Gasteiger partial charge < -0.3 is 20.9 Å². The fourth-order valence-electron chi connectivity index (χ4n) is 4.22. The predicted octanol–water partition coefficient (Wildman–Crippen LogP) is 1.65. The first-order valence-electron chi connectivity index (χ1n) is 11.9. The van der Waals surface area contributed by atoms with E-state index in [0.29, 0.717) is 37.3 Å². The third-order valence-electron chi connectivity index (χ3n) is 6.42. The number of nitrogens with one attached hydrogen (secondary N) is 2. The lowest BCUT2D eigenvalue weighted by Gasteiger charge is -2.42. The zero-order valence-corrected chi connectivity index (χ0v) is 22.1. The smallest absolute Gasteiger partial charge is 0.261 e. The van der Waals surface area contributed by atoms with Crippen molar-refractivity contribution < 1.29 is 13.2 Å². The van der Waals surface area contributed by atoms with Gasteiger partial charge in [-0.2, -0.15) is 10.5 Å². The van der Waals surface area contributed by atoms with E-state index in [1.165, 1.54) is 44.6 Å². The number of piperidine rings is 1. The van der Waals surface area contributed by atoms with Gasteiger partial charge in [-0.05, 0) is 43.2 Å². The standard InChI is InChI=1S/C25H30N8O4S/c1-32(2)38(36,37)19-7-5-18(6-8-19)30-23(28)22-20(9-15-29-24(22)35)31-25(10-14-27)11-16-33(17-12-25)21(34)4-3-13-26/h5-9,15H,3-4,10-12,16-17H2,1-2H3,(H2,28,30)(H2,29,31,35). The molecule has 0 radical (unpaired) electrons. The Morgan fingerprint density at radius 1 is 1.18 bits per heavy atom. The summed E-state index contributed by atoms with van der Waals surface area (Å²) >= 11 is 0. The van der Waals surface area contributed by atoms with Crippen molar-refractivity contribution in [2.75, 3.05) is 32.5 Å². The summed E-state index contributed by atoms with van der Waals surface area (Å²) in [7, 11) is -0.736. The molecule has 1 aromatic heterocycles. The molecule has 0 bridgehead atoms. The molecule has 0 saturated carbocycles. The maximum Gasteiger partial charge on any atom is 0.261 e. The Bertz CT molecular complexity index is 1440. The molecule has 12 nitrogen and oxygen atoms in total. The number of carbonyl (C=O) groups is 1. The number of amidine groups is 1. The van der Waals surface area contributed by atoms with Crippen LogP contribution in [0.2, 0.25) is 0 Å². The van der Waals surface area contributed by atoms with Crippen LogP contribution in [0.15, 0.2) is 51.2 Å². The molecule has 38 heavy (non-hydrogen) atoms. The molecule has 1 fully saturated rings. The molecule has 1 saturated heterocycles. The van der Waals surface area contributed by atoms with Gasteiger partial charge >= 0.3 is 0 Å². The SMILES string of the molecule is CN(C)S(=O)(=O)c1ccc(N=C(N)c2c(NC3(CC#N)CCN(C(=O)CCC#N)CC3)cc[nH]c2=O)cc1. The summed E-state index contributed by atoms with van der Waals surface area (Å²) in [5.41, 5.74) is 5.89. The highest BCUT2D eigenvalue weighted by molar-refractivity contribution is 7.89. The first kappa shape index (κ1) is 28.4. The first-order chi connectivity index (χ1) is 18.0. The van der Waals surface area contributed by atoms with Crippen molar-refractivity contribution in [3.8, 4) is 12.1 Å². The molecule has 0 spiro atoms. The Hall–Kier alpha value is -4.20. The summed E-state index contributed by atoms with van der Waals surface area (Å²) in [5, 5.41) is 21.6. The minimum absolute atomic E-state index is 0.0855. The zero-order chi connectivity index (χ0) is 27.9. The maximum absolute atomic E-state index is 12.8. The van der Waals surface area contributed by atoms with Crippen molar-refractivity contribution in [3.05, 3.63) is 52.4 Å². The number of H-pyrrole nitrogens is 1. The van der Waals surface area contributed by atoms with Crippen LogP contribution in [0.3, 0.4) is 0 Å². The molecule has 0 atom stereocenters. The molecule has 2 aromatic rings. The molecule has 0 unspecified atom stereocenters. The van der Waals surface area contributed by atoms with E-state index < -0.39 is 21.1 Å².